The molecule has 1 aliphatic rings. The van der Waals surface area contributed by atoms with Gasteiger partial charge in [0.1, 0.15) is 0 Å². The van der Waals surface area contributed by atoms with Gasteiger partial charge in [-0.15, -0.1) is 0 Å². The summed E-state index contributed by atoms with van der Waals surface area (Å²) in [6.45, 7) is 5.54. The van der Waals surface area contributed by atoms with Crippen LogP contribution < -0.4 is 5.73 Å². The number of aliphatic hydroxyl groups excluding tert-OH is 1. The molecule has 3 heteroatoms. The third-order valence-electron chi connectivity index (χ3n) is 3.77. The lowest BCUT2D eigenvalue weighted by Gasteiger charge is -2.45. The van der Waals surface area contributed by atoms with Crippen LogP contribution in [0.2, 0.25) is 0 Å². The van der Waals surface area contributed by atoms with E-state index in [1.807, 2.05) is 0 Å². The molecule has 0 saturated heterocycles. The fraction of sp³-hybridized carbons (Fsp3) is 1.00. The summed E-state index contributed by atoms with van der Waals surface area (Å²) in [5, 5.41) is 8.79. The quantitative estimate of drug-likeness (QED) is 0.717. The smallest absolute Gasteiger partial charge is 0.0833 e. The van der Waals surface area contributed by atoms with Crippen LogP contribution in [0.3, 0.4) is 0 Å². The molecule has 1 rings (SSSR count). The van der Waals surface area contributed by atoms with Gasteiger partial charge in [-0.3, -0.25) is 0 Å². The van der Waals surface area contributed by atoms with Gasteiger partial charge in [-0.05, 0) is 18.3 Å². The van der Waals surface area contributed by atoms with Crippen molar-refractivity contribution in [3.8, 4) is 0 Å². The molecular weight excluding hydrogens is 178 g/mol. The predicted octanol–water partition coefficient (Wildman–Crippen LogP) is 1.15. The van der Waals surface area contributed by atoms with E-state index in [1.54, 1.807) is 0 Å². The van der Waals surface area contributed by atoms with Gasteiger partial charge in [0.25, 0.3) is 0 Å². The minimum absolute atomic E-state index is 0.0862. The summed E-state index contributed by atoms with van der Waals surface area (Å²) in [5.74, 6) is 1.17. The third-order valence-corrected chi connectivity index (χ3v) is 3.77. The first kappa shape index (κ1) is 12.0. The molecule has 0 aromatic heterocycles. The van der Waals surface area contributed by atoms with Gasteiger partial charge >= 0.3 is 0 Å². The largest absolute Gasteiger partial charge is 0.394 e. The van der Waals surface area contributed by atoms with Crippen LogP contribution in [0.4, 0.5) is 0 Å². The van der Waals surface area contributed by atoms with E-state index in [1.165, 1.54) is 12.8 Å². The molecule has 0 aromatic carbocycles. The number of hydrogen-bond donors (Lipinski definition) is 2. The molecule has 1 saturated carbocycles. The average Bonchev–Trinajstić information content (AvgIpc) is 2.21. The average molecular weight is 201 g/mol. The molecule has 84 valence electrons. The molecule has 0 bridgehead atoms. The normalized spacial score (nSPS) is 38.6. The fourth-order valence-corrected chi connectivity index (χ4v) is 2.52. The Labute approximate surface area is 86.6 Å². The second kappa shape index (κ2) is 5.10. The Morgan fingerprint density at radius 1 is 1.50 bits per heavy atom. The third kappa shape index (κ3) is 2.27. The van der Waals surface area contributed by atoms with Crippen molar-refractivity contribution in [2.75, 3.05) is 19.8 Å². The lowest BCUT2D eigenvalue weighted by molar-refractivity contribution is -0.119. The van der Waals surface area contributed by atoms with Crippen LogP contribution in [0.15, 0.2) is 0 Å². The minimum atomic E-state index is -0.180. The first-order valence-electron chi connectivity index (χ1n) is 5.61. The van der Waals surface area contributed by atoms with Gasteiger partial charge in [0.2, 0.25) is 0 Å². The highest BCUT2D eigenvalue weighted by atomic mass is 16.5. The first-order chi connectivity index (χ1) is 6.66. The molecule has 0 aliphatic heterocycles. The van der Waals surface area contributed by atoms with Crippen LogP contribution >= 0.6 is 0 Å². The van der Waals surface area contributed by atoms with Crippen LogP contribution in [0.5, 0.6) is 0 Å². The van der Waals surface area contributed by atoms with E-state index in [0.717, 1.165) is 6.42 Å². The van der Waals surface area contributed by atoms with Crippen LogP contribution in [-0.2, 0) is 4.74 Å². The molecule has 0 amide bonds. The molecule has 1 aliphatic carbocycles. The van der Waals surface area contributed by atoms with Gasteiger partial charge in [-0.25, -0.2) is 0 Å². The summed E-state index contributed by atoms with van der Waals surface area (Å²) in [6, 6.07) is 0. The molecule has 14 heavy (non-hydrogen) atoms. The molecule has 3 unspecified atom stereocenters. The van der Waals surface area contributed by atoms with E-state index < -0.39 is 0 Å². The molecule has 0 aromatic rings. The highest BCUT2D eigenvalue weighted by molar-refractivity contribution is 4.93. The van der Waals surface area contributed by atoms with Crippen LogP contribution in [-0.4, -0.2) is 30.5 Å². The highest BCUT2D eigenvalue weighted by Gasteiger charge is 2.41. The van der Waals surface area contributed by atoms with E-state index in [4.69, 9.17) is 15.6 Å². The topological polar surface area (TPSA) is 55.5 Å². The second-order valence-electron chi connectivity index (χ2n) is 4.50. The van der Waals surface area contributed by atoms with E-state index in [0.29, 0.717) is 25.0 Å². The molecule has 0 spiro atoms. The van der Waals surface area contributed by atoms with Crippen molar-refractivity contribution in [2.45, 2.75) is 38.7 Å². The van der Waals surface area contributed by atoms with Gasteiger partial charge in [-0.2, -0.15) is 0 Å². The van der Waals surface area contributed by atoms with Gasteiger partial charge < -0.3 is 15.6 Å². The summed E-state index contributed by atoms with van der Waals surface area (Å²) in [4.78, 5) is 0. The lowest BCUT2D eigenvalue weighted by Crippen LogP contribution is -2.51. The molecular formula is C11H23NO2. The summed E-state index contributed by atoms with van der Waals surface area (Å²) in [5.41, 5.74) is 5.64. The van der Waals surface area contributed by atoms with Crippen molar-refractivity contribution in [1.29, 1.82) is 0 Å². The van der Waals surface area contributed by atoms with E-state index in [2.05, 4.69) is 13.8 Å². The minimum Gasteiger partial charge on any atom is -0.394 e. The SMILES string of the molecule is CC1CCCC(CN)(OCCO)C1C. The van der Waals surface area contributed by atoms with Gasteiger partial charge in [0.05, 0.1) is 18.8 Å². The monoisotopic (exact) mass is 201 g/mol. The van der Waals surface area contributed by atoms with E-state index in [-0.39, 0.29) is 12.2 Å². The van der Waals surface area contributed by atoms with Crippen LogP contribution in [0, 0.1) is 11.8 Å². The van der Waals surface area contributed by atoms with Crippen molar-refractivity contribution in [3.63, 3.8) is 0 Å². The Kier molecular flexibility index (Phi) is 4.35. The number of hydrogen-bond acceptors (Lipinski definition) is 3. The molecule has 3 N–H and O–H groups in total. The maximum Gasteiger partial charge on any atom is 0.0833 e. The fourth-order valence-electron chi connectivity index (χ4n) is 2.52. The van der Waals surface area contributed by atoms with Crippen molar-refractivity contribution in [3.05, 3.63) is 0 Å². The second-order valence-corrected chi connectivity index (χ2v) is 4.50. The molecule has 0 heterocycles. The maximum absolute atomic E-state index is 8.79. The van der Waals surface area contributed by atoms with Crippen molar-refractivity contribution >= 4 is 0 Å². The van der Waals surface area contributed by atoms with Gasteiger partial charge in [-0.1, -0.05) is 26.7 Å². The molecule has 0 radical (unpaired) electrons. The molecule has 1 fully saturated rings. The number of nitrogens with two attached hydrogens (primary N) is 1. The number of ether oxygens (including phenoxy) is 1. The zero-order valence-electron chi connectivity index (χ0n) is 9.33. The Morgan fingerprint density at radius 2 is 2.21 bits per heavy atom. The first-order valence-corrected chi connectivity index (χ1v) is 5.61. The summed E-state index contributed by atoms with van der Waals surface area (Å²) < 4.78 is 5.78. The summed E-state index contributed by atoms with van der Waals surface area (Å²) in [6.07, 6.45) is 3.49. The zero-order chi connectivity index (χ0) is 10.6. The number of rotatable bonds is 4. The van der Waals surface area contributed by atoms with Gasteiger partial charge in [0.15, 0.2) is 0 Å². The Morgan fingerprint density at radius 3 is 2.79 bits per heavy atom. The molecule has 3 atom stereocenters. The van der Waals surface area contributed by atoms with Crippen molar-refractivity contribution in [2.24, 2.45) is 17.6 Å². The predicted molar refractivity (Wildman–Crippen MR) is 57.0 cm³/mol. The lowest BCUT2D eigenvalue weighted by atomic mass is 9.70. The Bertz CT molecular complexity index is 175. The summed E-state index contributed by atoms with van der Waals surface area (Å²) in [7, 11) is 0. The highest BCUT2D eigenvalue weighted by Crippen LogP contribution is 2.39. The van der Waals surface area contributed by atoms with E-state index in [9.17, 15) is 0 Å². The zero-order valence-corrected chi connectivity index (χ0v) is 9.33. The standard InChI is InChI=1S/C11H23NO2/c1-9-4-3-5-11(8-12,10(9)2)14-7-6-13/h9-10,13H,3-8,12H2,1-2H3. The van der Waals surface area contributed by atoms with E-state index >= 15 is 0 Å². The number of aliphatic hydroxyl groups is 1. The maximum atomic E-state index is 8.79. The van der Waals surface area contributed by atoms with Gasteiger partial charge in [0, 0.05) is 6.54 Å². The Hall–Kier alpha value is -0.120. The van der Waals surface area contributed by atoms with Crippen molar-refractivity contribution < 1.29 is 9.84 Å². The van der Waals surface area contributed by atoms with Crippen LogP contribution in [0.1, 0.15) is 33.1 Å². The van der Waals surface area contributed by atoms with Crippen molar-refractivity contribution in [1.82, 2.24) is 0 Å². The van der Waals surface area contributed by atoms with Crippen LogP contribution in [0.25, 0.3) is 0 Å². The molecule has 3 nitrogen and oxygen atoms in total. The Balaban J connectivity index is 2.64. The summed E-state index contributed by atoms with van der Waals surface area (Å²) >= 11 is 0.